The first kappa shape index (κ1) is 24.3. The summed E-state index contributed by atoms with van der Waals surface area (Å²) in [6.45, 7) is -0.736. The van der Waals surface area contributed by atoms with E-state index in [1.165, 1.54) is 12.3 Å². The molecule has 2 aromatic rings. The van der Waals surface area contributed by atoms with Crippen LogP contribution in [-0.4, -0.2) is 48.2 Å². The van der Waals surface area contributed by atoms with E-state index in [9.17, 15) is 33.3 Å². The minimum Gasteiger partial charge on any atom is -0.467 e. The maximum absolute atomic E-state index is 14.0. The number of rotatable bonds is 7. The molecule has 1 atom stereocenters. The highest BCUT2D eigenvalue weighted by molar-refractivity contribution is 5.94. The van der Waals surface area contributed by atoms with Crippen LogP contribution in [0.25, 0.3) is 0 Å². The second kappa shape index (κ2) is 10.5. The zero-order valence-electron chi connectivity index (χ0n) is 17.5. The van der Waals surface area contributed by atoms with Crippen molar-refractivity contribution >= 4 is 23.8 Å². The summed E-state index contributed by atoms with van der Waals surface area (Å²) in [5, 5.41) is 13.1. The van der Waals surface area contributed by atoms with Gasteiger partial charge in [0, 0.05) is 18.3 Å². The van der Waals surface area contributed by atoms with Crippen LogP contribution in [0.15, 0.2) is 54.2 Å². The molecule has 13 heteroatoms. The van der Waals surface area contributed by atoms with E-state index in [1.54, 1.807) is 0 Å². The van der Waals surface area contributed by atoms with Crippen LogP contribution in [-0.2, 0) is 14.3 Å². The van der Waals surface area contributed by atoms with Crippen molar-refractivity contribution in [3.63, 3.8) is 0 Å². The lowest BCUT2D eigenvalue weighted by Gasteiger charge is -2.34. The number of nitrogens with zero attached hydrogens (tertiary/aromatic N) is 2. The van der Waals surface area contributed by atoms with Gasteiger partial charge in [-0.05, 0) is 35.4 Å². The fourth-order valence-electron chi connectivity index (χ4n) is 3.04. The number of imide groups is 1. The van der Waals surface area contributed by atoms with Gasteiger partial charge < -0.3 is 19.5 Å². The van der Waals surface area contributed by atoms with Crippen molar-refractivity contribution < 1.29 is 42.3 Å². The van der Waals surface area contributed by atoms with Crippen LogP contribution in [0, 0.1) is 21.7 Å². The molecule has 1 N–H and O–H groups in total. The SMILES string of the molecule is COC(=O)COCC1=CNC(=O)N(C(=O)Oc2ccc([N+](=O)[O-])cc2)C1c1ccc(F)c(F)c1. The molecule has 0 fully saturated rings. The van der Waals surface area contributed by atoms with Gasteiger partial charge in [0.15, 0.2) is 11.6 Å². The molecule has 178 valence electrons. The summed E-state index contributed by atoms with van der Waals surface area (Å²) in [6.07, 6.45) is 0.000868. The number of amides is 3. The Morgan fingerprint density at radius 2 is 1.85 bits per heavy atom. The lowest BCUT2D eigenvalue weighted by molar-refractivity contribution is -0.384. The number of carbonyl (C=O) groups is 3. The van der Waals surface area contributed by atoms with E-state index in [4.69, 9.17) is 9.47 Å². The normalized spacial score (nSPS) is 15.3. The van der Waals surface area contributed by atoms with Crippen molar-refractivity contribution in [3.8, 4) is 5.75 Å². The molecule has 11 nitrogen and oxygen atoms in total. The van der Waals surface area contributed by atoms with Gasteiger partial charge in [-0.15, -0.1) is 0 Å². The molecule has 0 aliphatic carbocycles. The summed E-state index contributed by atoms with van der Waals surface area (Å²) in [6, 6.07) is 5.06. The number of urea groups is 1. The molecule has 1 aliphatic rings. The minimum absolute atomic E-state index is 0.0160. The van der Waals surface area contributed by atoms with Crippen molar-refractivity contribution in [3.05, 3.63) is 81.5 Å². The van der Waals surface area contributed by atoms with E-state index in [0.29, 0.717) is 4.90 Å². The molecule has 0 saturated carbocycles. The molecule has 0 saturated heterocycles. The molecule has 0 aromatic heterocycles. The van der Waals surface area contributed by atoms with Crippen LogP contribution in [0.4, 0.5) is 24.1 Å². The lowest BCUT2D eigenvalue weighted by atomic mass is 9.97. The van der Waals surface area contributed by atoms with Gasteiger partial charge >= 0.3 is 18.1 Å². The van der Waals surface area contributed by atoms with Crippen LogP contribution < -0.4 is 10.1 Å². The van der Waals surface area contributed by atoms with Crippen molar-refractivity contribution in [2.45, 2.75) is 6.04 Å². The summed E-state index contributed by atoms with van der Waals surface area (Å²) >= 11 is 0. The highest BCUT2D eigenvalue weighted by atomic mass is 19.2. The van der Waals surface area contributed by atoms with Gasteiger partial charge in [0.25, 0.3) is 5.69 Å². The number of benzene rings is 2. The van der Waals surface area contributed by atoms with Crippen LogP contribution in [0.2, 0.25) is 0 Å². The molecule has 2 aromatic carbocycles. The quantitative estimate of drug-likeness (QED) is 0.365. The first-order valence-corrected chi connectivity index (χ1v) is 9.55. The topological polar surface area (TPSA) is 137 Å². The number of hydrogen-bond acceptors (Lipinski definition) is 8. The lowest BCUT2D eigenvalue weighted by Crippen LogP contribution is -2.50. The standard InChI is InChI=1S/C21H17F2N3O8/c1-32-18(27)11-33-10-13-9-24-20(28)25(19(13)12-2-7-16(22)17(23)8-12)21(29)34-15-5-3-14(4-6-15)26(30)31/h2-9,19H,10-11H2,1H3,(H,24,28). The summed E-state index contributed by atoms with van der Waals surface area (Å²) in [5.41, 5.74) is -0.0272. The zero-order chi connectivity index (χ0) is 24.8. The fourth-order valence-corrected chi connectivity index (χ4v) is 3.04. The number of nitro groups is 1. The predicted octanol–water partition coefficient (Wildman–Crippen LogP) is 3.21. The van der Waals surface area contributed by atoms with E-state index in [1.807, 2.05) is 0 Å². The molecule has 0 radical (unpaired) electrons. The third-order valence-corrected chi connectivity index (χ3v) is 4.63. The number of halogens is 2. The average Bonchev–Trinajstić information content (AvgIpc) is 2.81. The summed E-state index contributed by atoms with van der Waals surface area (Å²) < 4.78 is 42.4. The predicted molar refractivity (Wildman–Crippen MR) is 110 cm³/mol. The van der Waals surface area contributed by atoms with Gasteiger partial charge in [0.1, 0.15) is 12.4 Å². The second-order valence-electron chi connectivity index (χ2n) is 6.80. The molecule has 0 spiro atoms. The Kier molecular flexibility index (Phi) is 7.48. The maximum Gasteiger partial charge on any atom is 0.424 e. The smallest absolute Gasteiger partial charge is 0.424 e. The van der Waals surface area contributed by atoms with E-state index >= 15 is 0 Å². The Morgan fingerprint density at radius 3 is 2.47 bits per heavy atom. The highest BCUT2D eigenvalue weighted by Gasteiger charge is 2.38. The molecule has 3 amide bonds. The molecule has 1 unspecified atom stereocenters. The molecule has 0 bridgehead atoms. The Hall–Kier alpha value is -4.39. The number of ether oxygens (including phenoxy) is 3. The van der Waals surface area contributed by atoms with Crippen LogP contribution in [0.5, 0.6) is 5.75 Å². The van der Waals surface area contributed by atoms with Crippen LogP contribution in [0.1, 0.15) is 11.6 Å². The van der Waals surface area contributed by atoms with Crippen molar-refractivity contribution in [1.29, 1.82) is 0 Å². The molecular formula is C21H17F2N3O8. The number of carbonyl (C=O) groups excluding carboxylic acids is 3. The third kappa shape index (κ3) is 5.50. The van der Waals surface area contributed by atoms with Crippen molar-refractivity contribution in [1.82, 2.24) is 10.2 Å². The first-order valence-electron chi connectivity index (χ1n) is 9.55. The number of nitro benzene ring substituents is 1. The fraction of sp³-hybridized carbons (Fsp3) is 0.190. The van der Waals surface area contributed by atoms with Gasteiger partial charge in [0.2, 0.25) is 0 Å². The largest absolute Gasteiger partial charge is 0.467 e. The zero-order valence-corrected chi connectivity index (χ0v) is 17.5. The van der Waals surface area contributed by atoms with Gasteiger partial charge in [-0.1, -0.05) is 6.07 Å². The van der Waals surface area contributed by atoms with E-state index < -0.39 is 47.3 Å². The van der Waals surface area contributed by atoms with E-state index in [2.05, 4.69) is 10.1 Å². The number of hydrogen-bond donors (Lipinski definition) is 1. The highest BCUT2D eigenvalue weighted by Crippen LogP contribution is 2.33. The van der Waals surface area contributed by atoms with Gasteiger partial charge in [0.05, 0.1) is 24.7 Å². The molecular weight excluding hydrogens is 460 g/mol. The second-order valence-corrected chi connectivity index (χ2v) is 6.80. The molecule has 1 heterocycles. The third-order valence-electron chi connectivity index (χ3n) is 4.63. The summed E-state index contributed by atoms with van der Waals surface area (Å²) in [5.74, 6) is -3.15. The summed E-state index contributed by atoms with van der Waals surface area (Å²) in [4.78, 5) is 47.6. The summed E-state index contributed by atoms with van der Waals surface area (Å²) in [7, 11) is 1.16. The molecule has 3 rings (SSSR count). The van der Waals surface area contributed by atoms with Crippen molar-refractivity contribution in [2.75, 3.05) is 20.3 Å². The van der Waals surface area contributed by atoms with E-state index in [-0.39, 0.29) is 29.2 Å². The monoisotopic (exact) mass is 477 g/mol. The number of esters is 1. The Balaban J connectivity index is 1.91. The maximum atomic E-state index is 14.0. The van der Waals surface area contributed by atoms with Crippen LogP contribution >= 0.6 is 0 Å². The molecule has 1 aliphatic heterocycles. The molecule has 34 heavy (non-hydrogen) atoms. The average molecular weight is 477 g/mol. The number of nitrogens with one attached hydrogen (secondary N) is 1. The minimum atomic E-state index is -1.29. The Labute approximate surface area is 190 Å². The first-order chi connectivity index (χ1) is 16.2. The number of non-ortho nitro benzene ring substituents is 1. The Morgan fingerprint density at radius 1 is 1.15 bits per heavy atom. The van der Waals surface area contributed by atoms with E-state index in [0.717, 1.165) is 43.5 Å². The van der Waals surface area contributed by atoms with Crippen molar-refractivity contribution in [2.24, 2.45) is 0 Å². The van der Waals surface area contributed by atoms with Gasteiger partial charge in [-0.2, -0.15) is 0 Å². The Bertz CT molecular complexity index is 1150. The number of methoxy groups -OCH3 is 1. The van der Waals surface area contributed by atoms with Crippen LogP contribution in [0.3, 0.4) is 0 Å². The van der Waals surface area contributed by atoms with Gasteiger partial charge in [-0.25, -0.2) is 28.1 Å². The van der Waals surface area contributed by atoms with Gasteiger partial charge in [-0.3, -0.25) is 10.1 Å².